The van der Waals surface area contributed by atoms with E-state index in [-0.39, 0.29) is 0 Å². The van der Waals surface area contributed by atoms with Crippen LogP contribution in [0.2, 0.25) is 0 Å². The zero-order chi connectivity index (χ0) is 22.6. The summed E-state index contributed by atoms with van der Waals surface area (Å²) in [5.74, 6) is 2.15. The van der Waals surface area contributed by atoms with E-state index in [1.165, 1.54) is 39.1 Å². The molecule has 0 saturated heterocycles. The largest absolute Gasteiger partial charge is 0.319 e. The summed E-state index contributed by atoms with van der Waals surface area (Å²) in [7, 11) is 0. The molecule has 5 rings (SSSR count). The van der Waals surface area contributed by atoms with Crippen molar-refractivity contribution in [1.82, 2.24) is 9.55 Å². The average Bonchev–Trinajstić information content (AvgIpc) is 3.22. The van der Waals surface area contributed by atoms with Crippen LogP contribution in [0.15, 0.2) is 102 Å². The van der Waals surface area contributed by atoms with E-state index in [4.69, 9.17) is 4.98 Å². The maximum atomic E-state index is 5.07. The molecule has 2 nitrogen and oxygen atoms in total. The van der Waals surface area contributed by atoms with Gasteiger partial charge in [0, 0.05) is 17.0 Å². The lowest BCUT2D eigenvalue weighted by atomic mass is 10.0. The molecular formula is C30H28N2S. The summed E-state index contributed by atoms with van der Waals surface area (Å²) < 4.78 is 2.37. The van der Waals surface area contributed by atoms with Crippen molar-refractivity contribution in [1.29, 1.82) is 0 Å². The Morgan fingerprint density at radius 2 is 1.45 bits per heavy atom. The van der Waals surface area contributed by atoms with Gasteiger partial charge in [-0.25, -0.2) is 4.98 Å². The predicted octanol–water partition coefficient (Wildman–Crippen LogP) is 8.23. The van der Waals surface area contributed by atoms with Gasteiger partial charge in [-0.05, 0) is 54.0 Å². The second-order valence-electron chi connectivity index (χ2n) is 8.45. The number of thioether (sulfide) groups is 1. The lowest BCUT2D eigenvalue weighted by Crippen LogP contribution is -2.02. The molecule has 1 aromatic heterocycles. The van der Waals surface area contributed by atoms with Crippen molar-refractivity contribution in [2.45, 2.75) is 31.7 Å². The molecule has 0 N–H and O–H groups in total. The van der Waals surface area contributed by atoms with E-state index in [1.54, 1.807) is 0 Å². The number of fused-ring (bicyclic) bond motifs is 1. The Balaban J connectivity index is 1.58. The van der Waals surface area contributed by atoms with Crippen LogP contribution in [-0.4, -0.2) is 15.3 Å². The van der Waals surface area contributed by atoms with Gasteiger partial charge in [-0.3, -0.25) is 0 Å². The zero-order valence-corrected chi connectivity index (χ0v) is 20.0. The molecule has 0 unspecified atom stereocenters. The standard InChI is InChI=1S/C30H28N2S/c1-3-19-33-27-17-18-28-29(20-27)32(21-23-11-9-22(2)10-12-23)30(31-28)26-15-13-25(14-16-26)24-7-5-4-6-8-24/h4-18,20H,3,19,21H2,1-2H3. The number of aromatic nitrogens is 2. The Hall–Kier alpha value is -3.30. The van der Waals surface area contributed by atoms with Crippen LogP contribution in [0.1, 0.15) is 24.5 Å². The van der Waals surface area contributed by atoms with Crippen LogP contribution in [0.3, 0.4) is 0 Å². The van der Waals surface area contributed by atoms with E-state index < -0.39 is 0 Å². The Labute approximate surface area is 200 Å². The van der Waals surface area contributed by atoms with Crippen molar-refractivity contribution in [2.75, 3.05) is 5.75 Å². The molecule has 0 saturated carbocycles. The third-order valence-electron chi connectivity index (χ3n) is 5.90. The molecule has 4 aromatic carbocycles. The summed E-state index contributed by atoms with van der Waals surface area (Å²) >= 11 is 1.92. The van der Waals surface area contributed by atoms with Gasteiger partial charge < -0.3 is 4.57 Å². The fourth-order valence-electron chi connectivity index (χ4n) is 4.11. The van der Waals surface area contributed by atoms with E-state index in [1.807, 2.05) is 11.8 Å². The van der Waals surface area contributed by atoms with E-state index in [0.717, 1.165) is 29.2 Å². The first-order valence-electron chi connectivity index (χ1n) is 11.6. The van der Waals surface area contributed by atoms with Gasteiger partial charge in [0.05, 0.1) is 11.0 Å². The highest BCUT2D eigenvalue weighted by molar-refractivity contribution is 7.99. The molecule has 0 amide bonds. The molecular weight excluding hydrogens is 420 g/mol. The SMILES string of the molecule is CCCSc1ccc2nc(-c3ccc(-c4ccccc4)cc3)n(Cc3ccc(C)cc3)c2c1. The van der Waals surface area contributed by atoms with Crippen molar-refractivity contribution in [3.8, 4) is 22.5 Å². The fraction of sp³-hybridized carbons (Fsp3) is 0.167. The van der Waals surface area contributed by atoms with Crippen LogP contribution >= 0.6 is 11.8 Å². The molecule has 0 aliphatic rings. The monoisotopic (exact) mass is 448 g/mol. The molecule has 0 fully saturated rings. The van der Waals surface area contributed by atoms with Crippen LogP contribution < -0.4 is 0 Å². The number of imidazole rings is 1. The molecule has 0 spiro atoms. The summed E-state index contributed by atoms with van der Waals surface area (Å²) in [5.41, 5.74) is 8.40. The first kappa shape index (κ1) is 21.5. The molecule has 0 atom stereocenters. The second kappa shape index (κ2) is 9.68. The molecule has 0 radical (unpaired) electrons. The number of hydrogen-bond donors (Lipinski definition) is 0. The van der Waals surface area contributed by atoms with Gasteiger partial charge in [0.1, 0.15) is 5.82 Å². The number of rotatable bonds is 7. The molecule has 164 valence electrons. The topological polar surface area (TPSA) is 17.8 Å². The van der Waals surface area contributed by atoms with E-state index in [0.29, 0.717) is 0 Å². The lowest BCUT2D eigenvalue weighted by Gasteiger charge is -2.11. The van der Waals surface area contributed by atoms with Crippen LogP contribution in [0.5, 0.6) is 0 Å². The number of aryl methyl sites for hydroxylation is 1. The van der Waals surface area contributed by atoms with Gasteiger partial charge in [0.15, 0.2) is 0 Å². The average molecular weight is 449 g/mol. The van der Waals surface area contributed by atoms with Gasteiger partial charge in [-0.15, -0.1) is 11.8 Å². The Bertz CT molecular complexity index is 1350. The smallest absolute Gasteiger partial charge is 0.141 e. The van der Waals surface area contributed by atoms with E-state index >= 15 is 0 Å². The summed E-state index contributed by atoms with van der Waals surface area (Å²) in [6.07, 6.45) is 1.17. The Morgan fingerprint density at radius 1 is 0.758 bits per heavy atom. The molecule has 0 aliphatic carbocycles. The van der Waals surface area contributed by atoms with Crippen LogP contribution in [0, 0.1) is 6.92 Å². The van der Waals surface area contributed by atoms with Crippen molar-refractivity contribution >= 4 is 22.8 Å². The van der Waals surface area contributed by atoms with Crippen molar-refractivity contribution in [3.05, 3.63) is 108 Å². The van der Waals surface area contributed by atoms with Gasteiger partial charge in [-0.2, -0.15) is 0 Å². The summed E-state index contributed by atoms with van der Waals surface area (Å²) in [5, 5.41) is 0. The van der Waals surface area contributed by atoms with Crippen molar-refractivity contribution in [2.24, 2.45) is 0 Å². The van der Waals surface area contributed by atoms with Crippen LogP contribution in [0.4, 0.5) is 0 Å². The highest BCUT2D eigenvalue weighted by Crippen LogP contribution is 2.31. The first-order valence-corrected chi connectivity index (χ1v) is 12.5. The van der Waals surface area contributed by atoms with Crippen LogP contribution in [-0.2, 0) is 6.54 Å². The normalized spacial score (nSPS) is 11.2. The quantitative estimate of drug-likeness (QED) is 0.233. The van der Waals surface area contributed by atoms with Gasteiger partial charge >= 0.3 is 0 Å². The minimum Gasteiger partial charge on any atom is -0.319 e. The zero-order valence-electron chi connectivity index (χ0n) is 19.2. The van der Waals surface area contributed by atoms with Crippen LogP contribution in [0.25, 0.3) is 33.5 Å². The van der Waals surface area contributed by atoms with E-state index in [9.17, 15) is 0 Å². The number of nitrogens with zero attached hydrogens (tertiary/aromatic N) is 2. The highest BCUT2D eigenvalue weighted by Gasteiger charge is 2.14. The van der Waals surface area contributed by atoms with Gasteiger partial charge in [0.25, 0.3) is 0 Å². The molecule has 33 heavy (non-hydrogen) atoms. The molecule has 5 aromatic rings. The highest BCUT2D eigenvalue weighted by atomic mass is 32.2. The Morgan fingerprint density at radius 3 is 2.18 bits per heavy atom. The van der Waals surface area contributed by atoms with Crippen molar-refractivity contribution < 1.29 is 0 Å². The molecule has 1 heterocycles. The molecule has 0 aliphatic heterocycles. The summed E-state index contributed by atoms with van der Waals surface area (Å²) in [4.78, 5) is 6.38. The maximum absolute atomic E-state index is 5.07. The summed E-state index contributed by atoms with van der Waals surface area (Å²) in [6, 6.07) is 34.8. The maximum Gasteiger partial charge on any atom is 0.141 e. The Kier molecular flexibility index (Phi) is 6.32. The lowest BCUT2D eigenvalue weighted by molar-refractivity contribution is 0.833. The first-order chi connectivity index (χ1) is 16.2. The number of hydrogen-bond acceptors (Lipinski definition) is 2. The third-order valence-corrected chi connectivity index (χ3v) is 7.10. The minimum atomic E-state index is 0.800. The molecule has 0 bridgehead atoms. The summed E-state index contributed by atoms with van der Waals surface area (Å²) in [6.45, 7) is 5.16. The molecule has 3 heteroatoms. The van der Waals surface area contributed by atoms with Gasteiger partial charge in [0.2, 0.25) is 0 Å². The minimum absolute atomic E-state index is 0.800. The van der Waals surface area contributed by atoms with Gasteiger partial charge in [-0.1, -0.05) is 91.3 Å². The van der Waals surface area contributed by atoms with E-state index in [2.05, 4.69) is 115 Å². The fourth-order valence-corrected chi connectivity index (χ4v) is 4.91. The van der Waals surface area contributed by atoms with Crippen molar-refractivity contribution in [3.63, 3.8) is 0 Å². The predicted molar refractivity (Wildman–Crippen MR) is 142 cm³/mol. The third kappa shape index (κ3) is 4.74. The number of benzene rings is 4. The second-order valence-corrected chi connectivity index (χ2v) is 9.62.